The number of nitrogens with zero attached hydrogens (tertiary/aromatic N) is 4. The predicted octanol–water partition coefficient (Wildman–Crippen LogP) is 4.13. The number of halogens is 1. The van der Waals surface area contributed by atoms with Gasteiger partial charge < -0.3 is 10.6 Å². The lowest BCUT2D eigenvalue weighted by atomic mass is 10.1. The molecule has 3 aromatic rings. The van der Waals surface area contributed by atoms with Gasteiger partial charge in [0, 0.05) is 35.6 Å². The van der Waals surface area contributed by atoms with Gasteiger partial charge >= 0.3 is 0 Å². The van der Waals surface area contributed by atoms with E-state index in [0.717, 1.165) is 11.1 Å². The van der Waals surface area contributed by atoms with Gasteiger partial charge in [-0.15, -0.1) is 0 Å². The molecule has 0 fully saturated rings. The van der Waals surface area contributed by atoms with E-state index in [9.17, 15) is 4.79 Å². The van der Waals surface area contributed by atoms with Crippen molar-refractivity contribution in [3.05, 3.63) is 70.4 Å². The fourth-order valence-corrected chi connectivity index (χ4v) is 4.00. The molecule has 0 spiro atoms. The molecule has 0 bridgehead atoms. The van der Waals surface area contributed by atoms with Crippen LogP contribution in [-0.4, -0.2) is 33.3 Å². The summed E-state index contributed by atoms with van der Waals surface area (Å²) in [5.74, 6) is -0.0241. The minimum absolute atomic E-state index is 0.0241. The lowest BCUT2D eigenvalue weighted by molar-refractivity contribution is 0.0651. The van der Waals surface area contributed by atoms with Gasteiger partial charge in [-0.1, -0.05) is 35.9 Å². The fraction of sp³-hybridized carbons (Fsp3) is 0.227. The fourth-order valence-electron chi connectivity index (χ4n) is 3.82. The third-order valence-electron chi connectivity index (χ3n) is 5.43. The van der Waals surface area contributed by atoms with Crippen molar-refractivity contribution in [2.24, 2.45) is 4.99 Å². The first-order valence-corrected chi connectivity index (χ1v) is 9.94. The zero-order valence-corrected chi connectivity index (χ0v) is 16.7. The number of benzene rings is 2. The third-order valence-corrected chi connectivity index (χ3v) is 5.66. The minimum atomic E-state index is -0.0241. The predicted molar refractivity (Wildman–Crippen MR) is 114 cm³/mol. The van der Waals surface area contributed by atoms with Crippen LogP contribution in [0.3, 0.4) is 0 Å². The Bertz CT molecular complexity index is 1130. The molecule has 1 amide bonds. The molecule has 29 heavy (non-hydrogen) atoms. The monoisotopic (exact) mass is 405 g/mol. The standard InChI is InChI=1S/C22H20ClN5O/c1-13-11-27(12-14-2-4-15(5-3-14)20-10-25-20)22(29)21-9-19(26-28(13)21)17-7-6-16(23)8-18(17)24/h2-10,13,20H,11-12,24H2,1H3/t13-,20?/m0/s1. The van der Waals surface area contributed by atoms with E-state index in [1.165, 1.54) is 5.56 Å². The molecule has 0 saturated heterocycles. The van der Waals surface area contributed by atoms with Gasteiger partial charge in [0.2, 0.25) is 0 Å². The number of carbonyl (C=O) groups is 1. The number of rotatable bonds is 4. The van der Waals surface area contributed by atoms with Crippen molar-refractivity contribution in [1.29, 1.82) is 0 Å². The molecule has 0 aliphatic carbocycles. The Morgan fingerprint density at radius 3 is 2.62 bits per heavy atom. The smallest absolute Gasteiger partial charge is 0.272 e. The highest BCUT2D eigenvalue weighted by molar-refractivity contribution is 6.31. The number of hydrogen-bond donors (Lipinski definition) is 1. The Morgan fingerprint density at radius 1 is 1.17 bits per heavy atom. The van der Waals surface area contributed by atoms with Crippen LogP contribution in [0.25, 0.3) is 11.3 Å². The van der Waals surface area contributed by atoms with Gasteiger partial charge in [-0.05, 0) is 42.3 Å². The quantitative estimate of drug-likeness (QED) is 0.663. The zero-order valence-electron chi connectivity index (χ0n) is 15.9. The summed E-state index contributed by atoms with van der Waals surface area (Å²) >= 11 is 6.01. The molecule has 3 heterocycles. The van der Waals surface area contributed by atoms with Crippen molar-refractivity contribution in [3.8, 4) is 11.3 Å². The maximum Gasteiger partial charge on any atom is 0.272 e. The molecule has 2 atom stereocenters. The number of fused-ring (bicyclic) bond motifs is 1. The minimum Gasteiger partial charge on any atom is -0.398 e. The van der Waals surface area contributed by atoms with Crippen molar-refractivity contribution < 1.29 is 4.79 Å². The second kappa shape index (κ2) is 6.74. The molecular formula is C22H20ClN5O. The number of aliphatic imine (C=N–C) groups is 1. The summed E-state index contributed by atoms with van der Waals surface area (Å²) in [5, 5.41) is 5.23. The molecule has 5 rings (SSSR count). The van der Waals surface area contributed by atoms with Crippen molar-refractivity contribution in [1.82, 2.24) is 14.7 Å². The van der Waals surface area contributed by atoms with Gasteiger partial charge in [0.25, 0.3) is 5.91 Å². The molecule has 6 nitrogen and oxygen atoms in total. The summed E-state index contributed by atoms with van der Waals surface area (Å²) in [6.45, 7) is 3.24. The van der Waals surface area contributed by atoms with Crippen LogP contribution in [0.2, 0.25) is 5.02 Å². The number of carbonyl (C=O) groups excluding carboxylic acids is 1. The molecule has 2 aromatic carbocycles. The highest BCUT2D eigenvalue weighted by Crippen LogP contribution is 2.31. The molecule has 7 heteroatoms. The van der Waals surface area contributed by atoms with Gasteiger partial charge in [0.05, 0.1) is 11.7 Å². The average molecular weight is 406 g/mol. The summed E-state index contributed by atoms with van der Waals surface area (Å²) in [6, 6.07) is 15.7. The van der Waals surface area contributed by atoms with E-state index in [1.807, 2.05) is 23.2 Å². The summed E-state index contributed by atoms with van der Waals surface area (Å²) in [6.07, 6.45) is 1.93. The molecule has 0 radical (unpaired) electrons. The first-order chi connectivity index (χ1) is 14.0. The van der Waals surface area contributed by atoms with E-state index in [4.69, 9.17) is 17.3 Å². The molecule has 2 aliphatic heterocycles. The van der Waals surface area contributed by atoms with E-state index in [-0.39, 0.29) is 18.0 Å². The summed E-state index contributed by atoms with van der Waals surface area (Å²) in [7, 11) is 0. The van der Waals surface area contributed by atoms with Crippen LogP contribution in [0.15, 0.2) is 53.5 Å². The molecule has 0 saturated carbocycles. The van der Waals surface area contributed by atoms with Gasteiger partial charge in [0.1, 0.15) is 11.7 Å². The maximum absolute atomic E-state index is 13.1. The molecule has 2 aliphatic rings. The van der Waals surface area contributed by atoms with Crippen molar-refractivity contribution in [2.45, 2.75) is 25.6 Å². The van der Waals surface area contributed by atoms with E-state index < -0.39 is 0 Å². The van der Waals surface area contributed by atoms with Crippen molar-refractivity contribution >= 4 is 29.4 Å². The van der Waals surface area contributed by atoms with Crippen LogP contribution in [0, 0.1) is 0 Å². The second-order valence-electron chi connectivity index (χ2n) is 7.61. The number of aromatic nitrogens is 2. The van der Waals surface area contributed by atoms with Crippen LogP contribution in [0.1, 0.15) is 40.6 Å². The second-order valence-corrected chi connectivity index (χ2v) is 8.05. The number of nitrogens with two attached hydrogens (primary N) is 1. The number of nitrogen functional groups attached to an aromatic ring is 1. The average Bonchev–Trinajstić information content (AvgIpc) is 3.45. The van der Waals surface area contributed by atoms with E-state index in [0.29, 0.717) is 35.2 Å². The summed E-state index contributed by atoms with van der Waals surface area (Å²) in [4.78, 5) is 19.2. The Kier molecular flexibility index (Phi) is 4.17. The Morgan fingerprint density at radius 2 is 1.93 bits per heavy atom. The van der Waals surface area contributed by atoms with E-state index >= 15 is 0 Å². The normalized spacial score (nSPS) is 20.1. The summed E-state index contributed by atoms with van der Waals surface area (Å²) < 4.78 is 1.80. The molecule has 146 valence electrons. The highest BCUT2D eigenvalue weighted by Gasteiger charge is 2.31. The molecule has 2 N–H and O–H groups in total. The van der Waals surface area contributed by atoms with Gasteiger partial charge in [-0.3, -0.25) is 14.5 Å². The lowest BCUT2D eigenvalue weighted by Crippen LogP contribution is -2.41. The Balaban J connectivity index is 1.41. The lowest BCUT2D eigenvalue weighted by Gasteiger charge is -2.31. The molecule has 1 aromatic heterocycles. The largest absolute Gasteiger partial charge is 0.398 e. The topological polar surface area (TPSA) is 76.5 Å². The van der Waals surface area contributed by atoms with Gasteiger partial charge in [0.15, 0.2) is 0 Å². The highest BCUT2D eigenvalue weighted by atomic mass is 35.5. The Labute approximate surface area is 173 Å². The van der Waals surface area contributed by atoms with Crippen LogP contribution in [-0.2, 0) is 6.54 Å². The van der Waals surface area contributed by atoms with Gasteiger partial charge in [-0.25, -0.2) is 0 Å². The van der Waals surface area contributed by atoms with Gasteiger partial charge in [-0.2, -0.15) is 5.10 Å². The summed E-state index contributed by atoms with van der Waals surface area (Å²) in [5.41, 5.74) is 11.0. The molecule has 1 unspecified atom stereocenters. The SMILES string of the molecule is C[C@H]1CN(Cc2ccc(C3C=N3)cc2)C(=O)c2cc(-c3ccc(Cl)cc3N)nn21. The van der Waals surface area contributed by atoms with E-state index in [1.54, 1.807) is 16.8 Å². The van der Waals surface area contributed by atoms with Crippen molar-refractivity contribution in [3.63, 3.8) is 0 Å². The third kappa shape index (κ3) is 3.29. The van der Waals surface area contributed by atoms with Crippen LogP contribution < -0.4 is 5.73 Å². The number of amides is 1. The first-order valence-electron chi connectivity index (χ1n) is 9.56. The maximum atomic E-state index is 13.1. The number of anilines is 1. The first kappa shape index (κ1) is 17.9. The van der Waals surface area contributed by atoms with Crippen LogP contribution in [0.4, 0.5) is 5.69 Å². The van der Waals surface area contributed by atoms with Crippen LogP contribution >= 0.6 is 11.6 Å². The molecular weight excluding hydrogens is 386 g/mol. The number of hydrogen-bond acceptors (Lipinski definition) is 4. The van der Waals surface area contributed by atoms with Crippen molar-refractivity contribution in [2.75, 3.05) is 12.3 Å². The van der Waals surface area contributed by atoms with E-state index in [2.05, 4.69) is 41.3 Å². The zero-order chi connectivity index (χ0) is 20.1. The van der Waals surface area contributed by atoms with Crippen LogP contribution in [0.5, 0.6) is 0 Å². The Hall–Kier alpha value is -3.12.